The molecule has 2 rings (SSSR count). The summed E-state index contributed by atoms with van der Waals surface area (Å²) in [5.74, 6) is 0. The Morgan fingerprint density at radius 2 is 1.55 bits per heavy atom. The Balaban J connectivity index is 2.48. The molecule has 0 fully saturated rings. The van der Waals surface area contributed by atoms with E-state index in [1.54, 1.807) is 0 Å². The Kier molecular flexibility index (Phi) is 3.94. The van der Waals surface area contributed by atoms with Gasteiger partial charge in [-0.2, -0.15) is 18.4 Å². The van der Waals surface area contributed by atoms with Crippen LogP contribution in [0.2, 0.25) is 10.0 Å². The van der Waals surface area contributed by atoms with Crippen LogP contribution < -0.4 is 0 Å². The summed E-state index contributed by atoms with van der Waals surface area (Å²) in [5.41, 5.74) is 0.494. The van der Waals surface area contributed by atoms with Crippen molar-refractivity contribution in [2.45, 2.75) is 6.18 Å². The molecule has 0 saturated carbocycles. The maximum absolute atomic E-state index is 12.5. The molecule has 0 heterocycles. The number of alkyl halides is 3. The first-order chi connectivity index (χ1) is 9.32. The minimum Gasteiger partial charge on any atom is -0.192 e. The van der Waals surface area contributed by atoms with E-state index >= 15 is 0 Å². The van der Waals surface area contributed by atoms with Crippen molar-refractivity contribution in [1.29, 1.82) is 5.26 Å². The highest BCUT2D eigenvalue weighted by molar-refractivity contribution is 6.42. The number of nitriles is 1. The van der Waals surface area contributed by atoms with Crippen molar-refractivity contribution in [2.24, 2.45) is 0 Å². The molecule has 6 heteroatoms. The lowest BCUT2D eigenvalue weighted by atomic mass is 10.0. The van der Waals surface area contributed by atoms with Crippen LogP contribution in [0.1, 0.15) is 11.1 Å². The van der Waals surface area contributed by atoms with E-state index in [4.69, 9.17) is 28.5 Å². The second kappa shape index (κ2) is 5.35. The van der Waals surface area contributed by atoms with E-state index in [2.05, 4.69) is 0 Å². The number of rotatable bonds is 1. The Bertz CT molecular complexity index is 685. The topological polar surface area (TPSA) is 23.8 Å². The van der Waals surface area contributed by atoms with Gasteiger partial charge in [0.1, 0.15) is 6.07 Å². The maximum Gasteiger partial charge on any atom is 0.416 e. The summed E-state index contributed by atoms with van der Waals surface area (Å²) < 4.78 is 37.4. The molecule has 0 bridgehead atoms. The van der Waals surface area contributed by atoms with Crippen molar-refractivity contribution < 1.29 is 13.2 Å². The summed E-state index contributed by atoms with van der Waals surface area (Å²) in [4.78, 5) is 0. The zero-order chi connectivity index (χ0) is 14.9. The van der Waals surface area contributed by atoms with Gasteiger partial charge < -0.3 is 0 Å². The summed E-state index contributed by atoms with van der Waals surface area (Å²) in [6, 6.07) is 9.47. The van der Waals surface area contributed by atoms with E-state index in [1.807, 2.05) is 6.07 Å². The smallest absolute Gasteiger partial charge is 0.192 e. The van der Waals surface area contributed by atoms with Crippen LogP contribution in [-0.4, -0.2) is 0 Å². The van der Waals surface area contributed by atoms with Crippen molar-refractivity contribution >= 4 is 23.2 Å². The van der Waals surface area contributed by atoms with Gasteiger partial charge >= 0.3 is 6.18 Å². The molecular weight excluding hydrogens is 310 g/mol. The number of nitrogens with zero attached hydrogens (tertiary/aromatic N) is 1. The lowest BCUT2D eigenvalue weighted by Gasteiger charge is -2.09. The second-order valence-corrected chi connectivity index (χ2v) is 4.79. The molecule has 1 nitrogen and oxygen atoms in total. The second-order valence-electron chi connectivity index (χ2n) is 4.01. The number of halogens is 5. The SMILES string of the molecule is N#Cc1cc(-c2ccc(C(F)(F)F)cc2)cc(Cl)c1Cl. The average molecular weight is 316 g/mol. The highest BCUT2D eigenvalue weighted by Crippen LogP contribution is 2.34. The summed E-state index contributed by atoms with van der Waals surface area (Å²) in [6.45, 7) is 0. The fraction of sp³-hybridized carbons (Fsp3) is 0.0714. The third kappa shape index (κ3) is 2.90. The first-order valence-corrected chi connectivity index (χ1v) is 6.15. The zero-order valence-corrected chi connectivity index (χ0v) is 11.3. The van der Waals surface area contributed by atoms with E-state index in [0.717, 1.165) is 12.1 Å². The largest absolute Gasteiger partial charge is 0.416 e. The molecule has 0 saturated heterocycles. The summed E-state index contributed by atoms with van der Waals surface area (Å²) in [5, 5.41) is 9.23. The van der Waals surface area contributed by atoms with Crippen LogP contribution in [-0.2, 0) is 6.18 Å². The first kappa shape index (κ1) is 14.7. The van der Waals surface area contributed by atoms with Gasteiger partial charge in [-0.15, -0.1) is 0 Å². The predicted molar refractivity (Wildman–Crippen MR) is 71.6 cm³/mol. The molecule has 2 aromatic carbocycles. The van der Waals surface area contributed by atoms with E-state index in [0.29, 0.717) is 11.1 Å². The molecule has 0 atom stereocenters. The van der Waals surface area contributed by atoms with Crippen molar-refractivity contribution in [3.8, 4) is 17.2 Å². The van der Waals surface area contributed by atoms with Crippen LogP contribution in [0.5, 0.6) is 0 Å². The Morgan fingerprint density at radius 1 is 0.950 bits per heavy atom. The van der Waals surface area contributed by atoms with E-state index in [9.17, 15) is 13.2 Å². The molecule has 0 spiro atoms. The number of hydrogen-bond acceptors (Lipinski definition) is 1. The Hall–Kier alpha value is -1.70. The highest BCUT2D eigenvalue weighted by atomic mass is 35.5. The third-order valence-corrected chi connectivity index (χ3v) is 3.50. The maximum atomic E-state index is 12.5. The highest BCUT2D eigenvalue weighted by Gasteiger charge is 2.29. The number of hydrogen-bond donors (Lipinski definition) is 0. The summed E-state index contributed by atoms with van der Waals surface area (Å²) in [6.07, 6.45) is -4.38. The van der Waals surface area contributed by atoms with Gasteiger partial charge in [-0.25, -0.2) is 0 Å². The molecular formula is C14H6Cl2F3N. The minimum atomic E-state index is -4.38. The molecule has 0 radical (unpaired) electrons. The standard InChI is InChI=1S/C14H6Cl2F3N/c15-12-6-9(5-10(7-20)13(12)16)8-1-3-11(4-2-8)14(17,18)19/h1-6H. The third-order valence-electron chi connectivity index (χ3n) is 2.69. The molecule has 102 valence electrons. The molecule has 0 unspecified atom stereocenters. The normalized spacial score (nSPS) is 11.2. The van der Waals surface area contributed by atoms with Gasteiger partial charge in [0.15, 0.2) is 0 Å². The van der Waals surface area contributed by atoms with Crippen LogP contribution >= 0.6 is 23.2 Å². The zero-order valence-electron chi connectivity index (χ0n) is 9.80. The molecule has 20 heavy (non-hydrogen) atoms. The molecule has 0 aliphatic rings. The van der Waals surface area contributed by atoms with Gasteiger partial charge in [0.25, 0.3) is 0 Å². The van der Waals surface area contributed by atoms with Crippen LogP contribution in [0.25, 0.3) is 11.1 Å². The predicted octanol–water partition coefficient (Wildman–Crippen LogP) is 5.55. The van der Waals surface area contributed by atoms with Crippen LogP contribution in [0.3, 0.4) is 0 Å². The van der Waals surface area contributed by atoms with Gasteiger partial charge in [0, 0.05) is 0 Å². The Labute approximate surface area is 123 Å². The fourth-order valence-corrected chi connectivity index (χ4v) is 2.06. The van der Waals surface area contributed by atoms with Crippen molar-refractivity contribution in [2.75, 3.05) is 0 Å². The Morgan fingerprint density at radius 3 is 2.05 bits per heavy atom. The molecule has 0 amide bonds. The monoisotopic (exact) mass is 315 g/mol. The molecule has 0 aliphatic heterocycles. The van der Waals surface area contributed by atoms with Gasteiger partial charge in [-0.05, 0) is 35.4 Å². The number of benzene rings is 2. The molecule has 0 aliphatic carbocycles. The summed E-state index contributed by atoms with van der Waals surface area (Å²) >= 11 is 11.7. The molecule has 0 aromatic heterocycles. The van der Waals surface area contributed by atoms with Crippen molar-refractivity contribution in [3.05, 3.63) is 57.6 Å². The van der Waals surface area contributed by atoms with E-state index in [-0.39, 0.29) is 15.6 Å². The van der Waals surface area contributed by atoms with Gasteiger partial charge in [-0.1, -0.05) is 35.3 Å². The minimum absolute atomic E-state index is 0.129. The fourth-order valence-electron chi connectivity index (χ4n) is 1.69. The lowest BCUT2D eigenvalue weighted by molar-refractivity contribution is -0.137. The average Bonchev–Trinajstić information content (AvgIpc) is 2.41. The van der Waals surface area contributed by atoms with E-state index in [1.165, 1.54) is 24.3 Å². The van der Waals surface area contributed by atoms with Crippen LogP contribution in [0, 0.1) is 11.3 Å². The van der Waals surface area contributed by atoms with Crippen molar-refractivity contribution in [3.63, 3.8) is 0 Å². The first-order valence-electron chi connectivity index (χ1n) is 5.39. The van der Waals surface area contributed by atoms with E-state index < -0.39 is 11.7 Å². The van der Waals surface area contributed by atoms with Crippen molar-refractivity contribution in [1.82, 2.24) is 0 Å². The van der Waals surface area contributed by atoms with Gasteiger partial charge in [0.2, 0.25) is 0 Å². The molecule has 2 aromatic rings. The van der Waals surface area contributed by atoms with Crippen LogP contribution in [0.4, 0.5) is 13.2 Å². The quantitative estimate of drug-likeness (QED) is 0.676. The van der Waals surface area contributed by atoms with Crippen LogP contribution in [0.15, 0.2) is 36.4 Å². The summed E-state index contributed by atoms with van der Waals surface area (Å²) in [7, 11) is 0. The molecule has 0 N–H and O–H groups in total. The van der Waals surface area contributed by atoms with Gasteiger partial charge in [0.05, 0.1) is 21.2 Å². The van der Waals surface area contributed by atoms with Gasteiger partial charge in [-0.3, -0.25) is 0 Å². The lowest BCUT2D eigenvalue weighted by Crippen LogP contribution is -2.03.